The Labute approximate surface area is 376 Å². The van der Waals surface area contributed by atoms with Crippen LogP contribution < -0.4 is 0 Å². The Kier molecular flexibility index (Phi) is 46.9. The molecule has 0 N–H and O–H groups in total. The maximum absolute atomic E-state index is 12.8. The van der Waals surface area contributed by atoms with E-state index in [0.29, 0.717) is 19.3 Å². The van der Waals surface area contributed by atoms with Crippen LogP contribution in [0.15, 0.2) is 72.9 Å². The van der Waals surface area contributed by atoms with E-state index in [9.17, 15) is 14.4 Å². The first-order chi connectivity index (χ1) is 30.0. The number of esters is 3. The molecule has 0 aromatic rings. The van der Waals surface area contributed by atoms with E-state index in [-0.39, 0.29) is 31.1 Å². The molecular weight excluding hydrogens is 757 g/mol. The van der Waals surface area contributed by atoms with Gasteiger partial charge in [0.05, 0.1) is 0 Å². The summed E-state index contributed by atoms with van der Waals surface area (Å²) < 4.78 is 16.7. The number of rotatable bonds is 45. The number of carbonyl (C=O) groups excluding carboxylic acids is 3. The first-order valence-corrected chi connectivity index (χ1v) is 25.4. The lowest BCUT2D eigenvalue weighted by Gasteiger charge is -2.18. The molecule has 61 heavy (non-hydrogen) atoms. The Morgan fingerprint density at radius 2 is 0.639 bits per heavy atom. The Morgan fingerprint density at radius 3 is 1.07 bits per heavy atom. The van der Waals surface area contributed by atoms with E-state index in [4.69, 9.17) is 14.2 Å². The zero-order chi connectivity index (χ0) is 44.4. The molecular formula is C55H94O6. The number of hydrogen-bond donors (Lipinski definition) is 0. The zero-order valence-electron chi connectivity index (χ0n) is 39.9. The molecule has 0 aliphatic heterocycles. The van der Waals surface area contributed by atoms with Crippen LogP contribution in [0.4, 0.5) is 0 Å². The van der Waals surface area contributed by atoms with Gasteiger partial charge in [0, 0.05) is 19.3 Å². The first kappa shape index (κ1) is 57.9. The number of ether oxygens (including phenoxy) is 3. The number of unbranched alkanes of at least 4 members (excludes halogenated alkanes) is 22. The van der Waals surface area contributed by atoms with E-state index in [2.05, 4.69) is 93.7 Å². The van der Waals surface area contributed by atoms with Crippen LogP contribution in [0.2, 0.25) is 0 Å². The van der Waals surface area contributed by atoms with Crippen LogP contribution in [0.5, 0.6) is 0 Å². The van der Waals surface area contributed by atoms with Crippen molar-refractivity contribution in [1.82, 2.24) is 0 Å². The minimum atomic E-state index is -0.795. The summed E-state index contributed by atoms with van der Waals surface area (Å²) in [6.45, 7) is 6.45. The van der Waals surface area contributed by atoms with E-state index in [0.717, 1.165) is 109 Å². The third kappa shape index (κ3) is 47.7. The fourth-order valence-corrected chi connectivity index (χ4v) is 6.87. The topological polar surface area (TPSA) is 78.9 Å². The van der Waals surface area contributed by atoms with E-state index in [1.165, 1.54) is 89.9 Å². The predicted molar refractivity (Wildman–Crippen MR) is 261 cm³/mol. The van der Waals surface area contributed by atoms with Gasteiger partial charge in [0.25, 0.3) is 0 Å². The average molecular weight is 851 g/mol. The minimum absolute atomic E-state index is 0.0953. The van der Waals surface area contributed by atoms with Gasteiger partial charge in [-0.25, -0.2) is 0 Å². The van der Waals surface area contributed by atoms with Crippen LogP contribution in [0.3, 0.4) is 0 Å². The highest BCUT2D eigenvalue weighted by atomic mass is 16.6. The second kappa shape index (κ2) is 49.5. The van der Waals surface area contributed by atoms with Crippen LogP contribution in [-0.2, 0) is 28.6 Å². The first-order valence-electron chi connectivity index (χ1n) is 25.4. The highest BCUT2D eigenvalue weighted by Gasteiger charge is 2.19. The van der Waals surface area contributed by atoms with Gasteiger partial charge in [0.15, 0.2) is 6.10 Å². The van der Waals surface area contributed by atoms with Gasteiger partial charge in [-0.05, 0) is 89.9 Å². The molecule has 350 valence electrons. The second-order valence-electron chi connectivity index (χ2n) is 16.7. The Morgan fingerprint density at radius 1 is 0.344 bits per heavy atom. The Bertz CT molecular complexity index is 1160. The fraction of sp³-hybridized carbons (Fsp3) is 0.727. The molecule has 0 heterocycles. The number of allylic oxidation sites excluding steroid dienone is 12. The summed E-state index contributed by atoms with van der Waals surface area (Å²) in [4.78, 5) is 37.9. The molecule has 1 atom stereocenters. The van der Waals surface area contributed by atoms with E-state index in [1.54, 1.807) is 0 Å². The van der Waals surface area contributed by atoms with Crippen LogP contribution in [0, 0.1) is 0 Å². The van der Waals surface area contributed by atoms with Crippen molar-refractivity contribution in [1.29, 1.82) is 0 Å². The molecule has 0 radical (unpaired) electrons. The smallest absolute Gasteiger partial charge is 0.306 e. The highest BCUT2D eigenvalue weighted by Crippen LogP contribution is 2.14. The minimum Gasteiger partial charge on any atom is -0.462 e. The molecule has 0 aromatic heterocycles. The molecule has 0 bridgehead atoms. The van der Waals surface area contributed by atoms with E-state index >= 15 is 0 Å². The van der Waals surface area contributed by atoms with Crippen molar-refractivity contribution in [3.8, 4) is 0 Å². The van der Waals surface area contributed by atoms with Crippen LogP contribution >= 0.6 is 0 Å². The molecule has 0 aliphatic carbocycles. The van der Waals surface area contributed by atoms with Gasteiger partial charge in [-0.3, -0.25) is 14.4 Å². The van der Waals surface area contributed by atoms with Crippen molar-refractivity contribution in [3.05, 3.63) is 72.9 Å². The summed E-state index contributed by atoms with van der Waals surface area (Å²) >= 11 is 0. The summed E-state index contributed by atoms with van der Waals surface area (Å²) in [6.07, 6.45) is 61.7. The lowest BCUT2D eigenvalue weighted by molar-refractivity contribution is -0.167. The molecule has 0 unspecified atom stereocenters. The molecule has 0 spiro atoms. The molecule has 0 fully saturated rings. The van der Waals surface area contributed by atoms with Gasteiger partial charge in [-0.2, -0.15) is 0 Å². The predicted octanol–water partition coefficient (Wildman–Crippen LogP) is 16.6. The second-order valence-corrected chi connectivity index (χ2v) is 16.7. The maximum atomic E-state index is 12.8. The number of carbonyl (C=O) groups is 3. The normalized spacial score (nSPS) is 12.6. The van der Waals surface area contributed by atoms with Crippen molar-refractivity contribution >= 4 is 17.9 Å². The maximum Gasteiger partial charge on any atom is 0.306 e. The standard InChI is InChI=1S/C55H94O6/c1-4-7-10-13-16-19-22-25-27-30-32-35-38-41-44-47-53(56)59-50-52(61-55(58)49-46-43-40-37-34-29-24-21-18-15-12-9-6-3)51-60-54(57)48-45-42-39-36-33-31-28-26-23-20-17-14-11-8-5-2/h7,10,16-17,19-20,25-28,33,36,52H,4-6,8-9,11-15,18,21-24,29-32,34-35,37-51H2,1-3H3/b10-7-,19-16-,20-17-,27-25-,28-26-,36-33-/t52-/m1/s1. The third-order valence-electron chi connectivity index (χ3n) is 10.7. The summed E-state index contributed by atoms with van der Waals surface area (Å²) in [5, 5.41) is 0. The van der Waals surface area contributed by atoms with Crippen molar-refractivity contribution in [3.63, 3.8) is 0 Å². The summed E-state index contributed by atoms with van der Waals surface area (Å²) in [5.41, 5.74) is 0. The van der Waals surface area contributed by atoms with E-state index in [1.807, 2.05) is 0 Å². The SMILES string of the molecule is CC/C=C\C/C=C\C/C=C\CCCCCCCC(=O)OC[C@H](COC(=O)CCCC/C=C\C/C=C\C/C=C\CCCCC)OC(=O)CCCCCCCCCCCCCCC. The van der Waals surface area contributed by atoms with Gasteiger partial charge in [-0.1, -0.05) is 203 Å². The molecule has 0 rings (SSSR count). The quantitative estimate of drug-likeness (QED) is 0.0263. The van der Waals surface area contributed by atoms with Crippen molar-refractivity contribution < 1.29 is 28.6 Å². The summed E-state index contributed by atoms with van der Waals surface area (Å²) in [7, 11) is 0. The lowest BCUT2D eigenvalue weighted by Crippen LogP contribution is -2.30. The van der Waals surface area contributed by atoms with Gasteiger partial charge < -0.3 is 14.2 Å². The van der Waals surface area contributed by atoms with Gasteiger partial charge in [0.1, 0.15) is 13.2 Å². The van der Waals surface area contributed by atoms with Crippen molar-refractivity contribution in [2.45, 2.75) is 245 Å². The monoisotopic (exact) mass is 851 g/mol. The molecule has 0 aliphatic rings. The number of hydrogen-bond acceptors (Lipinski definition) is 6. The van der Waals surface area contributed by atoms with Gasteiger partial charge in [0.2, 0.25) is 0 Å². The molecule has 0 saturated heterocycles. The molecule has 6 heteroatoms. The molecule has 0 saturated carbocycles. The summed E-state index contributed by atoms with van der Waals surface area (Å²) in [6, 6.07) is 0. The zero-order valence-corrected chi connectivity index (χ0v) is 39.9. The fourth-order valence-electron chi connectivity index (χ4n) is 6.87. The van der Waals surface area contributed by atoms with Crippen molar-refractivity contribution in [2.24, 2.45) is 0 Å². The van der Waals surface area contributed by atoms with Crippen LogP contribution in [0.25, 0.3) is 0 Å². The van der Waals surface area contributed by atoms with Crippen molar-refractivity contribution in [2.75, 3.05) is 13.2 Å². The van der Waals surface area contributed by atoms with Gasteiger partial charge in [-0.15, -0.1) is 0 Å². The Hall–Kier alpha value is -3.15. The summed E-state index contributed by atoms with van der Waals surface area (Å²) in [5.74, 6) is -0.948. The average Bonchev–Trinajstić information content (AvgIpc) is 3.26. The molecule has 6 nitrogen and oxygen atoms in total. The van der Waals surface area contributed by atoms with Gasteiger partial charge >= 0.3 is 17.9 Å². The lowest BCUT2D eigenvalue weighted by atomic mass is 10.0. The van der Waals surface area contributed by atoms with E-state index < -0.39 is 6.10 Å². The van der Waals surface area contributed by atoms with Crippen LogP contribution in [0.1, 0.15) is 239 Å². The molecule has 0 amide bonds. The molecule has 0 aromatic carbocycles. The highest BCUT2D eigenvalue weighted by molar-refractivity contribution is 5.71. The largest absolute Gasteiger partial charge is 0.462 e. The third-order valence-corrected chi connectivity index (χ3v) is 10.7. The Balaban J connectivity index is 4.46. The van der Waals surface area contributed by atoms with Crippen LogP contribution in [-0.4, -0.2) is 37.2 Å².